The number of carboxylic acids is 1. The number of hydrogen-bond donors (Lipinski definition) is 1. The zero-order chi connectivity index (χ0) is 35.0. The Labute approximate surface area is 277 Å². The van der Waals surface area contributed by atoms with Crippen molar-refractivity contribution in [3.63, 3.8) is 0 Å². The van der Waals surface area contributed by atoms with Gasteiger partial charge in [0.2, 0.25) is 5.95 Å². The SMILES string of the molecule is COc1cc(-c2cc(C(C)C)ccc2OC)c(CN(Cc2cc(CF)cc(C(F)(F)F)c2)c2ncc(OCCCC(=O)O)cn2)cc1C. The monoisotopic (exact) mass is 669 g/mol. The van der Waals surface area contributed by atoms with E-state index in [2.05, 4.69) is 29.9 Å². The molecule has 0 aliphatic rings. The molecule has 0 atom stereocenters. The van der Waals surface area contributed by atoms with Crippen LogP contribution in [0.4, 0.5) is 23.5 Å². The van der Waals surface area contributed by atoms with Crippen molar-refractivity contribution in [2.75, 3.05) is 25.7 Å². The largest absolute Gasteiger partial charge is 0.496 e. The summed E-state index contributed by atoms with van der Waals surface area (Å²) in [6.07, 6.45) is -1.59. The van der Waals surface area contributed by atoms with Gasteiger partial charge < -0.3 is 24.2 Å². The molecule has 0 aliphatic carbocycles. The molecule has 0 bridgehead atoms. The van der Waals surface area contributed by atoms with Crippen molar-refractivity contribution in [2.45, 2.75) is 65.5 Å². The van der Waals surface area contributed by atoms with Gasteiger partial charge in [-0.2, -0.15) is 13.2 Å². The van der Waals surface area contributed by atoms with E-state index in [1.807, 2.05) is 31.2 Å². The second kappa shape index (κ2) is 15.8. The Morgan fingerprint density at radius 1 is 0.917 bits per heavy atom. The summed E-state index contributed by atoms with van der Waals surface area (Å²) in [5.41, 5.74) is 3.48. The number of aliphatic carboxylic acids is 1. The van der Waals surface area contributed by atoms with Crippen LogP contribution in [0.1, 0.15) is 66.0 Å². The average Bonchev–Trinajstić information content (AvgIpc) is 3.05. The minimum absolute atomic E-state index is 0.0565. The third kappa shape index (κ3) is 9.14. The fourth-order valence-corrected chi connectivity index (χ4v) is 5.32. The van der Waals surface area contributed by atoms with Gasteiger partial charge >= 0.3 is 12.1 Å². The van der Waals surface area contributed by atoms with Crippen molar-refractivity contribution in [1.29, 1.82) is 0 Å². The first kappa shape index (κ1) is 36.0. The molecule has 0 radical (unpaired) electrons. The molecular weight excluding hydrogens is 630 g/mol. The van der Waals surface area contributed by atoms with E-state index in [4.69, 9.17) is 19.3 Å². The number of aromatic nitrogens is 2. The molecule has 256 valence electrons. The lowest BCUT2D eigenvalue weighted by Gasteiger charge is -2.26. The first-order valence-corrected chi connectivity index (χ1v) is 15.4. The van der Waals surface area contributed by atoms with Crippen LogP contribution < -0.4 is 19.1 Å². The fraction of sp³-hybridized carbons (Fsp3) is 0.361. The maximum Gasteiger partial charge on any atom is 0.416 e. The van der Waals surface area contributed by atoms with Gasteiger partial charge in [-0.25, -0.2) is 14.4 Å². The van der Waals surface area contributed by atoms with Gasteiger partial charge in [-0.3, -0.25) is 4.79 Å². The lowest BCUT2D eigenvalue weighted by atomic mass is 9.92. The van der Waals surface area contributed by atoms with Crippen LogP contribution >= 0.6 is 0 Å². The number of methoxy groups -OCH3 is 2. The standard InChI is InChI=1S/C36H39F4N3O5/c1-22(2)26-8-9-32(46-4)31(15-26)30-16-33(47-5)23(3)11-27(30)21-43(20-25-12-24(17-37)13-28(14-25)36(38,39)40)35-41-18-29(19-42-35)48-10-6-7-34(44)45/h8-9,11-16,18-19,22H,6-7,10,17,20-21H2,1-5H3,(H,44,45). The van der Waals surface area contributed by atoms with Crippen molar-refractivity contribution in [3.8, 4) is 28.4 Å². The molecule has 0 amide bonds. The van der Waals surface area contributed by atoms with Gasteiger partial charge in [0.15, 0.2) is 5.75 Å². The molecule has 0 unspecified atom stereocenters. The third-order valence-corrected chi connectivity index (χ3v) is 7.77. The maximum absolute atomic E-state index is 13.8. The number of carbonyl (C=O) groups is 1. The molecule has 0 saturated heterocycles. The predicted molar refractivity (Wildman–Crippen MR) is 174 cm³/mol. The van der Waals surface area contributed by atoms with Crippen molar-refractivity contribution in [1.82, 2.24) is 9.97 Å². The van der Waals surface area contributed by atoms with E-state index in [0.717, 1.165) is 39.9 Å². The molecule has 1 N–H and O–H groups in total. The van der Waals surface area contributed by atoms with Crippen molar-refractivity contribution in [2.24, 2.45) is 0 Å². The average molecular weight is 670 g/mol. The number of anilines is 1. The highest BCUT2D eigenvalue weighted by Crippen LogP contribution is 2.39. The molecule has 8 nitrogen and oxygen atoms in total. The molecule has 4 aromatic rings. The van der Waals surface area contributed by atoms with E-state index in [1.165, 1.54) is 18.5 Å². The van der Waals surface area contributed by atoms with Gasteiger partial charge in [-0.05, 0) is 89.0 Å². The van der Waals surface area contributed by atoms with Gasteiger partial charge in [0, 0.05) is 25.1 Å². The van der Waals surface area contributed by atoms with Gasteiger partial charge in [0.25, 0.3) is 0 Å². The van der Waals surface area contributed by atoms with E-state index >= 15 is 0 Å². The Morgan fingerprint density at radius 2 is 1.60 bits per heavy atom. The Kier molecular flexibility index (Phi) is 11.9. The minimum atomic E-state index is -4.67. The van der Waals surface area contributed by atoms with Gasteiger partial charge in [-0.1, -0.05) is 26.0 Å². The number of aryl methyl sites for hydroxylation is 1. The molecule has 1 aromatic heterocycles. The quantitative estimate of drug-likeness (QED) is 0.0995. The molecule has 0 aliphatic heterocycles. The second-order valence-electron chi connectivity index (χ2n) is 11.7. The van der Waals surface area contributed by atoms with Crippen LogP contribution in [-0.4, -0.2) is 41.9 Å². The van der Waals surface area contributed by atoms with E-state index in [9.17, 15) is 22.4 Å². The van der Waals surface area contributed by atoms with Crippen LogP contribution in [0, 0.1) is 6.92 Å². The Hall–Kier alpha value is -4.87. The first-order valence-electron chi connectivity index (χ1n) is 15.4. The molecule has 0 saturated carbocycles. The summed E-state index contributed by atoms with van der Waals surface area (Å²) in [4.78, 5) is 21.4. The highest BCUT2D eigenvalue weighted by molar-refractivity contribution is 5.76. The highest BCUT2D eigenvalue weighted by Gasteiger charge is 2.31. The number of nitrogens with zero attached hydrogens (tertiary/aromatic N) is 3. The van der Waals surface area contributed by atoms with Crippen molar-refractivity contribution < 1.29 is 41.7 Å². The van der Waals surface area contributed by atoms with Crippen molar-refractivity contribution in [3.05, 3.63) is 94.3 Å². The third-order valence-electron chi connectivity index (χ3n) is 7.77. The van der Waals surface area contributed by atoms with Gasteiger partial charge in [-0.15, -0.1) is 0 Å². The molecule has 0 fully saturated rings. The molecule has 48 heavy (non-hydrogen) atoms. The Morgan fingerprint density at radius 3 is 2.21 bits per heavy atom. The summed E-state index contributed by atoms with van der Waals surface area (Å²) < 4.78 is 72.1. The summed E-state index contributed by atoms with van der Waals surface area (Å²) in [7, 11) is 3.16. The number of benzene rings is 3. The zero-order valence-corrected chi connectivity index (χ0v) is 27.5. The number of ether oxygens (including phenoxy) is 3. The Balaban J connectivity index is 1.82. The van der Waals surface area contributed by atoms with Crippen LogP contribution in [0.15, 0.2) is 60.9 Å². The predicted octanol–water partition coefficient (Wildman–Crippen LogP) is 8.53. The summed E-state index contributed by atoms with van der Waals surface area (Å²) >= 11 is 0. The minimum Gasteiger partial charge on any atom is -0.496 e. The van der Waals surface area contributed by atoms with Gasteiger partial charge in [0.05, 0.1) is 38.8 Å². The van der Waals surface area contributed by atoms with Crippen LogP contribution in [0.25, 0.3) is 11.1 Å². The van der Waals surface area contributed by atoms with Crippen LogP contribution in [0.2, 0.25) is 0 Å². The smallest absolute Gasteiger partial charge is 0.416 e. The summed E-state index contributed by atoms with van der Waals surface area (Å²) in [6, 6.07) is 13.0. The van der Waals surface area contributed by atoms with E-state index < -0.39 is 24.4 Å². The molecule has 4 rings (SSSR count). The topological polar surface area (TPSA) is 94.0 Å². The van der Waals surface area contributed by atoms with Crippen LogP contribution in [0.3, 0.4) is 0 Å². The number of alkyl halides is 4. The molecule has 0 spiro atoms. The number of rotatable bonds is 15. The highest BCUT2D eigenvalue weighted by atomic mass is 19.4. The zero-order valence-electron chi connectivity index (χ0n) is 27.5. The van der Waals surface area contributed by atoms with E-state index in [1.54, 1.807) is 19.1 Å². The molecule has 1 heterocycles. The molecular formula is C36H39F4N3O5. The van der Waals surface area contributed by atoms with Crippen LogP contribution in [-0.2, 0) is 30.7 Å². The van der Waals surface area contributed by atoms with Crippen LogP contribution in [0.5, 0.6) is 17.2 Å². The van der Waals surface area contributed by atoms with E-state index in [-0.39, 0.29) is 55.5 Å². The summed E-state index contributed by atoms with van der Waals surface area (Å²) in [5, 5.41) is 8.87. The fourth-order valence-electron chi connectivity index (χ4n) is 5.32. The van der Waals surface area contributed by atoms with Crippen molar-refractivity contribution >= 4 is 11.9 Å². The number of halogens is 4. The normalized spacial score (nSPS) is 11.5. The lowest BCUT2D eigenvalue weighted by molar-refractivity contribution is -0.138. The second-order valence-corrected chi connectivity index (χ2v) is 11.7. The number of carboxylic acid groups (broad SMARTS) is 1. The summed E-state index contributed by atoms with van der Waals surface area (Å²) in [5.74, 6) is 1.06. The molecule has 3 aromatic carbocycles. The first-order chi connectivity index (χ1) is 22.8. The maximum atomic E-state index is 13.8. The van der Waals surface area contributed by atoms with Gasteiger partial charge in [0.1, 0.15) is 18.2 Å². The lowest BCUT2D eigenvalue weighted by Crippen LogP contribution is -2.25. The summed E-state index contributed by atoms with van der Waals surface area (Å²) in [6.45, 7) is 5.21. The Bertz CT molecular complexity index is 1710. The molecule has 12 heteroatoms. The number of hydrogen-bond acceptors (Lipinski definition) is 7. The van der Waals surface area contributed by atoms with E-state index in [0.29, 0.717) is 17.2 Å².